The van der Waals surface area contributed by atoms with E-state index in [1.54, 1.807) is 83.5 Å². The molecule has 0 aromatic carbocycles. The lowest BCUT2D eigenvalue weighted by Crippen LogP contribution is -2.65. The Labute approximate surface area is 357 Å². The summed E-state index contributed by atoms with van der Waals surface area (Å²) < 4.78 is 0. The van der Waals surface area contributed by atoms with Crippen LogP contribution < -0.4 is 10.6 Å². The smallest absolute Gasteiger partial charge is 0.0605 e. The Morgan fingerprint density at radius 3 is 1.69 bits per heavy atom. The summed E-state index contributed by atoms with van der Waals surface area (Å²) >= 11 is 0. The summed E-state index contributed by atoms with van der Waals surface area (Å²) in [6, 6.07) is 1.51. The second kappa shape index (κ2) is 18.2. The van der Waals surface area contributed by atoms with Gasteiger partial charge in [-0.05, 0) is 224 Å². The molecule has 0 bridgehead atoms. The molecule has 0 amide bonds. The molecule has 10 aliphatic carbocycles. The van der Waals surface area contributed by atoms with Crippen molar-refractivity contribution >= 4 is 0 Å². The van der Waals surface area contributed by atoms with Crippen LogP contribution in [0.5, 0.6) is 0 Å². The maximum Gasteiger partial charge on any atom is 0.0605 e. The molecule has 11 atom stereocenters. The predicted octanol–water partition coefficient (Wildman–Crippen LogP) is 14.9. The van der Waals surface area contributed by atoms with Gasteiger partial charge in [0.15, 0.2) is 0 Å². The molecule has 324 valence electrons. The zero-order valence-corrected chi connectivity index (χ0v) is 37.6. The van der Waals surface area contributed by atoms with Crippen molar-refractivity contribution in [2.75, 3.05) is 0 Å². The van der Waals surface area contributed by atoms with Crippen molar-refractivity contribution in [3.8, 4) is 0 Å². The fourth-order valence-corrected chi connectivity index (χ4v) is 18.9. The maximum absolute atomic E-state index is 4.65. The standard InChI is InChI=1S/C56H90N2/c1-4-13-37(14-5-1)40-23-27-42(28-24-40)53-36-54(58-56(57-53)43-29-25-41(26-30-43)38-15-6-2-7-16-38)46-34-44(39-17-8-3-9-18-39)33-45(35-46)47-31-32-52-49-20-11-10-19-48(49)51-22-12-21-50(47)55(51)52/h13,38-51,53-54,56-58H,1-12,14-36H2/t40?,41?,42?,43?,44?,45?,46?,47?,48?,49?,50?,51?,53?,54-,56?/m0/s1. The lowest BCUT2D eigenvalue weighted by atomic mass is 9.56. The Morgan fingerprint density at radius 2 is 0.948 bits per heavy atom. The normalized spacial score (nSPS) is 47.2. The summed E-state index contributed by atoms with van der Waals surface area (Å²) in [7, 11) is 0. The number of fused-ring (bicyclic) bond motifs is 3. The molecule has 7 saturated carbocycles. The van der Waals surface area contributed by atoms with Gasteiger partial charge in [0.2, 0.25) is 0 Å². The Balaban J connectivity index is 0.838. The molecule has 8 fully saturated rings. The summed E-state index contributed by atoms with van der Waals surface area (Å²) in [4.78, 5) is 0. The van der Waals surface area contributed by atoms with Gasteiger partial charge in [-0.25, -0.2) is 0 Å². The minimum absolute atomic E-state index is 0.576. The maximum atomic E-state index is 4.65. The number of hydrogen-bond acceptors (Lipinski definition) is 2. The van der Waals surface area contributed by atoms with Crippen LogP contribution in [0.1, 0.15) is 225 Å². The quantitative estimate of drug-likeness (QED) is 0.251. The summed E-state index contributed by atoms with van der Waals surface area (Å²) in [5.74, 6) is 13.9. The highest BCUT2D eigenvalue weighted by Gasteiger charge is 2.53. The van der Waals surface area contributed by atoms with Crippen LogP contribution in [0.4, 0.5) is 0 Å². The summed E-state index contributed by atoms with van der Waals surface area (Å²) in [5, 5.41) is 9.19. The monoisotopic (exact) mass is 791 g/mol. The molecule has 10 unspecified atom stereocenters. The highest BCUT2D eigenvalue weighted by Crippen LogP contribution is 2.63. The van der Waals surface area contributed by atoms with Gasteiger partial charge < -0.3 is 0 Å². The van der Waals surface area contributed by atoms with Gasteiger partial charge in [0.05, 0.1) is 6.17 Å². The molecule has 11 rings (SSSR count). The number of rotatable bonds is 7. The number of nitrogens with one attached hydrogen (secondary N) is 2. The second-order valence-corrected chi connectivity index (χ2v) is 24.2. The molecule has 0 aromatic rings. The van der Waals surface area contributed by atoms with Crippen molar-refractivity contribution < 1.29 is 0 Å². The molecule has 0 radical (unpaired) electrons. The van der Waals surface area contributed by atoms with Crippen LogP contribution in [0.2, 0.25) is 0 Å². The molecular weight excluding hydrogens is 701 g/mol. The lowest BCUT2D eigenvalue weighted by molar-refractivity contribution is 0.0200. The van der Waals surface area contributed by atoms with E-state index in [-0.39, 0.29) is 0 Å². The van der Waals surface area contributed by atoms with Crippen LogP contribution in [0.15, 0.2) is 22.8 Å². The molecule has 2 heteroatoms. The van der Waals surface area contributed by atoms with Crippen molar-refractivity contribution in [3.05, 3.63) is 22.8 Å². The first-order valence-electron chi connectivity index (χ1n) is 27.7. The fourth-order valence-electron chi connectivity index (χ4n) is 18.9. The van der Waals surface area contributed by atoms with E-state index in [0.717, 1.165) is 94.9 Å². The molecule has 2 N–H and O–H groups in total. The zero-order valence-electron chi connectivity index (χ0n) is 37.6. The summed E-state index contributed by atoms with van der Waals surface area (Å²) in [6.45, 7) is 0. The van der Waals surface area contributed by atoms with Crippen LogP contribution in [-0.4, -0.2) is 18.2 Å². The molecule has 58 heavy (non-hydrogen) atoms. The zero-order chi connectivity index (χ0) is 38.4. The topological polar surface area (TPSA) is 24.1 Å². The van der Waals surface area contributed by atoms with Crippen LogP contribution in [0, 0.1) is 82.9 Å². The van der Waals surface area contributed by atoms with Crippen molar-refractivity contribution in [2.24, 2.45) is 82.9 Å². The second-order valence-electron chi connectivity index (χ2n) is 24.2. The molecule has 2 nitrogen and oxygen atoms in total. The molecule has 11 aliphatic rings. The van der Waals surface area contributed by atoms with Crippen molar-refractivity contribution in [1.82, 2.24) is 10.6 Å². The minimum Gasteiger partial charge on any atom is -0.299 e. The number of hydrogen-bond donors (Lipinski definition) is 2. The van der Waals surface area contributed by atoms with Crippen LogP contribution in [0.25, 0.3) is 0 Å². The third-order valence-corrected chi connectivity index (χ3v) is 21.6. The first-order valence-corrected chi connectivity index (χ1v) is 27.7. The average molecular weight is 791 g/mol. The van der Waals surface area contributed by atoms with E-state index in [9.17, 15) is 0 Å². The first-order chi connectivity index (χ1) is 28.7. The van der Waals surface area contributed by atoms with Gasteiger partial charge in [-0.1, -0.05) is 106 Å². The largest absolute Gasteiger partial charge is 0.299 e. The summed E-state index contributed by atoms with van der Waals surface area (Å²) in [5.41, 5.74) is 6.12. The number of allylic oxidation sites excluding steroid dienone is 4. The third-order valence-electron chi connectivity index (χ3n) is 21.6. The van der Waals surface area contributed by atoms with Crippen molar-refractivity contribution in [1.29, 1.82) is 0 Å². The SMILES string of the molecule is C1=C(C2CCC(C3C[C@@H](C4CC(C5CCCCC5)CC(C5CCC6=C7C5CCCC7C5CCCCC65)C4)NC(C4CCC(C5CCCCC5)CC4)N3)CC2)CCCC1. The summed E-state index contributed by atoms with van der Waals surface area (Å²) in [6.07, 6.45) is 56.5. The molecule has 1 aliphatic heterocycles. The lowest BCUT2D eigenvalue weighted by Gasteiger charge is -2.53. The molecule has 0 spiro atoms. The van der Waals surface area contributed by atoms with Crippen LogP contribution in [0.3, 0.4) is 0 Å². The van der Waals surface area contributed by atoms with Gasteiger partial charge in [-0.2, -0.15) is 0 Å². The van der Waals surface area contributed by atoms with Crippen molar-refractivity contribution in [3.63, 3.8) is 0 Å². The molecular formula is C56H90N2. The van der Waals surface area contributed by atoms with E-state index in [1.165, 1.54) is 141 Å². The Kier molecular flexibility index (Phi) is 12.6. The van der Waals surface area contributed by atoms with Gasteiger partial charge >= 0.3 is 0 Å². The Morgan fingerprint density at radius 1 is 0.362 bits per heavy atom. The molecule has 1 heterocycles. The van der Waals surface area contributed by atoms with E-state index < -0.39 is 0 Å². The minimum atomic E-state index is 0.576. The highest BCUT2D eigenvalue weighted by atomic mass is 15.2. The van der Waals surface area contributed by atoms with E-state index in [2.05, 4.69) is 27.9 Å². The van der Waals surface area contributed by atoms with Gasteiger partial charge in [0, 0.05) is 12.1 Å². The van der Waals surface area contributed by atoms with Gasteiger partial charge in [0.1, 0.15) is 0 Å². The van der Waals surface area contributed by atoms with Gasteiger partial charge in [0.25, 0.3) is 0 Å². The van der Waals surface area contributed by atoms with E-state index in [4.69, 9.17) is 0 Å². The molecule has 0 aromatic heterocycles. The van der Waals surface area contributed by atoms with Crippen LogP contribution in [-0.2, 0) is 0 Å². The van der Waals surface area contributed by atoms with Crippen molar-refractivity contribution in [2.45, 2.75) is 243 Å². The van der Waals surface area contributed by atoms with E-state index >= 15 is 0 Å². The molecule has 1 saturated heterocycles. The van der Waals surface area contributed by atoms with E-state index in [1.807, 2.05) is 5.57 Å². The third kappa shape index (κ3) is 8.20. The predicted molar refractivity (Wildman–Crippen MR) is 243 cm³/mol. The highest BCUT2D eigenvalue weighted by molar-refractivity contribution is 5.35. The Hall–Kier alpha value is -0.600. The first kappa shape index (κ1) is 40.2. The van der Waals surface area contributed by atoms with Crippen LogP contribution >= 0.6 is 0 Å². The van der Waals surface area contributed by atoms with Gasteiger partial charge in [-0.3, -0.25) is 10.6 Å². The fraction of sp³-hybridized carbons (Fsp3) is 0.929. The average Bonchev–Trinajstić information content (AvgIpc) is 3.64. The Bertz CT molecular complexity index is 1410. The van der Waals surface area contributed by atoms with E-state index in [0.29, 0.717) is 6.17 Å². The van der Waals surface area contributed by atoms with Gasteiger partial charge in [-0.15, -0.1) is 0 Å².